The van der Waals surface area contributed by atoms with Crippen LogP contribution in [0.5, 0.6) is 0 Å². The molecule has 1 rings (SSSR count). The monoisotopic (exact) mass is 386 g/mol. The lowest BCUT2D eigenvalue weighted by molar-refractivity contribution is -0.133. The zero-order valence-corrected chi connectivity index (χ0v) is 15.7. The number of hydrogen-bond acceptors (Lipinski definition) is 6. The van der Waals surface area contributed by atoms with Gasteiger partial charge in [-0.05, 0) is 13.8 Å². The number of nitrogens with two attached hydrogens (primary N) is 1. The van der Waals surface area contributed by atoms with Gasteiger partial charge in [-0.3, -0.25) is 9.59 Å². The van der Waals surface area contributed by atoms with Gasteiger partial charge in [0, 0.05) is 26.2 Å². The number of nitrogens with zero attached hydrogens (tertiary/aromatic N) is 2. The number of nitrogens with one attached hydrogen (secondary N) is 1. The Kier molecular flexibility index (Phi) is 10.4. The molecule has 1 saturated heterocycles. The number of ether oxygens (including phenoxy) is 1. The van der Waals surface area contributed by atoms with Gasteiger partial charge in [-0.1, -0.05) is 0 Å². The summed E-state index contributed by atoms with van der Waals surface area (Å²) in [4.78, 5) is 24.5. The Hall–Kier alpha value is -0.940. The smallest absolute Gasteiger partial charge is 0.242 e. The molecule has 3 N–H and O–H groups in total. The molecule has 0 atom stereocenters. The van der Waals surface area contributed by atoms with Crippen LogP contribution in [0.4, 0.5) is 0 Å². The van der Waals surface area contributed by atoms with Crippen molar-refractivity contribution in [1.82, 2.24) is 14.5 Å². The third kappa shape index (κ3) is 7.75. The Morgan fingerprint density at radius 1 is 1.21 bits per heavy atom. The van der Waals surface area contributed by atoms with Gasteiger partial charge in [-0.2, -0.15) is 4.31 Å². The Balaban J connectivity index is 0.00000529. The summed E-state index contributed by atoms with van der Waals surface area (Å²) in [6, 6.07) is 0. The lowest BCUT2D eigenvalue weighted by atomic mass is 10.3. The molecule has 0 saturated carbocycles. The first-order valence-corrected chi connectivity index (χ1v) is 9.21. The maximum Gasteiger partial charge on any atom is 0.242 e. The highest BCUT2D eigenvalue weighted by atomic mass is 35.5. The van der Waals surface area contributed by atoms with Crippen LogP contribution in [0.15, 0.2) is 0 Å². The first-order chi connectivity index (χ1) is 10.8. The SMILES string of the molecule is CC(C)OCCS(=O)(=O)N1CCN(C(=O)CNC(=O)CN)CC1.Cl. The van der Waals surface area contributed by atoms with Crippen LogP contribution in [0.3, 0.4) is 0 Å². The summed E-state index contributed by atoms with van der Waals surface area (Å²) < 4.78 is 31.0. The molecule has 0 aromatic rings. The predicted molar refractivity (Wildman–Crippen MR) is 92.3 cm³/mol. The summed E-state index contributed by atoms with van der Waals surface area (Å²) >= 11 is 0. The van der Waals surface area contributed by atoms with E-state index in [1.54, 1.807) is 0 Å². The van der Waals surface area contributed by atoms with Crippen molar-refractivity contribution in [2.24, 2.45) is 5.73 Å². The fourth-order valence-electron chi connectivity index (χ4n) is 2.09. The molecule has 0 aromatic heterocycles. The topological polar surface area (TPSA) is 122 Å². The molecule has 0 bridgehead atoms. The van der Waals surface area contributed by atoms with E-state index in [-0.39, 0.29) is 63.0 Å². The highest BCUT2D eigenvalue weighted by Crippen LogP contribution is 2.08. The van der Waals surface area contributed by atoms with Crippen molar-refractivity contribution in [3.05, 3.63) is 0 Å². The first kappa shape index (κ1) is 23.1. The largest absolute Gasteiger partial charge is 0.378 e. The van der Waals surface area contributed by atoms with E-state index in [1.165, 1.54) is 9.21 Å². The van der Waals surface area contributed by atoms with Crippen molar-refractivity contribution in [2.45, 2.75) is 20.0 Å². The maximum atomic E-state index is 12.2. The minimum atomic E-state index is -3.37. The van der Waals surface area contributed by atoms with Crippen molar-refractivity contribution in [1.29, 1.82) is 0 Å². The number of carbonyl (C=O) groups is 2. The van der Waals surface area contributed by atoms with E-state index in [1.807, 2.05) is 13.8 Å². The lowest BCUT2D eigenvalue weighted by Gasteiger charge is -2.34. The molecule has 0 unspecified atom stereocenters. The van der Waals surface area contributed by atoms with Gasteiger partial charge in [-0.15, -0.1) is 12.4 Å². The van der Waals surface area contributed by atoms with Gasteiger partial charge < -0.3 is 20.7 Å². The average Bonchev–Trinajstić information content (AvgIpc) is 2.51. The molecule has 11 heteroatoms. The van der Waals surface area contributed by atoms with Crippen LogP contribution >= 0.6 is 12.4 Å². The van der Waals surface area contributed by atoms with Gasteiger partial charge in [0.15, 0.2) is 0 Å². The van der Waals surface area contributed by atoms with Gasteiger partial charge in [0.2, 0.25) is 21.8 Å². The van der Waals surface area contributed by atoms with Crippen LogP contribution in [0.2, 0.25) is 0 Å². The molecule has 0 aromatic carbocycles. The van der Waals surface area contributed by atoms with Gasteiger partial charge in [0.1, 0.15) is 0 Å². The second-order valence-corrected chi connectivity index (χ2v) is 7.58. The number of sulfonamides is 1. The van der Waals surface area contributed by atoms with Crippen LogP contribution in [0, 0.1) is 0 Å². The number of piperazine rings is 1. The molecule has 0 aliphatic carbocycles. The summed E-state index contributed by atoms with van der Waals surface area (Å²) in [7, 11) is -3.37. The second-order valence-electron chi connectivity index (χ2n) is 5.50. The average molecular weight is 387 g/mol. The molecular weight excluding hydrogens is 360 g/mol. The number of halogens is 1. The third-order valence-corrected chi connectivity index (χ3v) is 5.23. The van der Waals surface area contributed by atoms with E-state index in [4.69, 9.17) is 10.5 Å². The highest BCUT2D eigenvalue weighted by molar-refractivity contribution is 7.89. The van der Waals surface area contributed by atoms with Crippen molar-refractivity contribution < 1.29 is 22.7 Å². The second kappa shape index (κ2) is 10.8. The lowest BCUT2D eigenvalue weighted by Crippen LogP contribution is -2.53. The van der Waals surface area contributed by atoms with Gasteiger partial charge >= 0.3 is 0 Å². The van der Waals surface area contributed by atoms with Crippen molar-refractivity contribution in [2.75, 3.05) is 51.6 Å². The molecule has 1 aliphatic rings. The van der Waals surface area contributed by atoms with E-state index in [0.29, 0.717) is 13.1 Å². The number of hydrogen-bond donors (Lipinski definition) is 2. The quantitative estimate of drug-likeness (QED) is 0.517. The van der Waals surface area contributed by atoms with Crippen LogP contribution in [0.25, 0.3) is 0 Å². The van der Waals surface area contributed by atoms with Gasteiger partial charge in [0.25, 0.3) is 0 Å². The zero-order valence-electron chi connectivity index (χ0n) is 14.1. The summed E-state index contributed by atoms with van der Waals surface area (Å²) in [5.41, 5.74) is 5.14. The number of amides is 2. The molecular formula is C13H27ClN4O5S. The third-order valence-electron chi connectivity index (χ3n) is 3.40. The first-order valence-electron chi connectivity index (χ1n) is 7.60. The van der Waals surface area contributed by atoms with E-state index in [0.717, 1.165) is 0 Å². The molecule has 1 fully saturated rings. The van der Waals surface area contributed by atoms with Crippen LogP contribution < -0.4 is 11.1 Å². The zero-order chi connectivity index (χ0) is 17.5. The molecule has 9 nitrogen and oxygen atoms in total. The molecule has 142 valence electrons. The number of carbonyl (C=O) groups excluding carboxylic acids is 2. The summed E-state index contributed by atoms with van der Waals surface area (Å²) in [6.45, 7) is 4.68. The summed E-state index contributed by atoms with van der Waals surface area (Å²) in [6.07, 6.45) is -0.0107. The van der Waals surface area contributed by atoms with Gasteiger partial charge in [0.05, 0.1) is 31.6 Å². The van der Waals surface area contributed by atoms with E-state index in [2.05, 4.69) is 5.32 Å². The van der Waals surface area contributed by atoms with Gasteiger partial charge in [-0.25, -0.2) is 8.42 Å². The summed E-state index contributed by atoms with van der Waals surface area (Å²) in [5, 5.41) is 2.41. The fraction of sp³-hybridized carbons (Fsp3) is 0.846. The Labute approximate surface area is 149 Å². The van der Waals surface area contributed by atoms with Crippen LogP contribution in [0.1, 0.15) is 13.8 Å². The maximum absolute atomic E-state index is 12.2. The van der Waals surface area contributed by atoms with Crippen LogP contribution in [-0.4, -0.2) is 87.2 Å². The molecule has 1 aliphatic heterocycles. The van der Waals surface area contributed by atoms with E-state index >= 15 is 0 Å². The Morgan fingerprint density at radius 3 is 2.29 bits per heavy atom. The van der Waals surface area contributed by atoms with Crippen molar-refractivity contribution in [3.63, 3.8) is 0 Å². The van der Waals surface area contributed by atoms with E-state index in [9.17, 15) is 18.0 Å². The molecule has 2 amide bonds. The summed E-state index contributed by atoms with van der Waals surface area (Å²) in [5.74, 6) is -0.706. The Morgan fingerprint density at radius 2 is 1.79 bits per heavy atom. The standard InChI is InChI=1S/C13H26N4O5S.ClH/c1-11(2)22-7-8-23(20,21)17-5-3-16(4-6-17)13(19)10-15-12(18)9-14;/h11H,3-10,14H2,1-2H3,(H,15,18);1H. The molecule has 24 heavy (non-hydrogen) atoms. The predicted octanol–water partition coefficient (Wildman–Crippen LogP) is -1.62. The molecule has 0 spiro atoms. The van der Waals surface area contributed by atoms with Crippen LogP contribution in [-0.2, 0) is 24.3 Å². The normalized spacial score (nSPS) is 15.9. The van der Waals surface area contributed by atoms with Crippen molar-refractivity contribution in [3.8, 4) is 0 Å². The minimum absolute atomic E-state index is 0. The minimum Gasteiger partial charge on any atom is -0.378 e. The number of rotatable bonds is 8. The molecule has 1 heterocycles. The highest BCUT2D eigenvalue weighted by Gasteiger charge is 2.28. The van der Waals surface area contributed by atoms with E-state index < -0.39 is 15.9 Å². The van der Waals surface area contributed by atoms with Crippen molar-refractivity contribution >= 4 is 34.2 Å². The Bertz CT molecular complexity index is 506. The fourth-order valence-corrected chi connectivity index (χ4v) is 3.38. The molecule has 0 radical (unpaired) electrons.